The first kappa shape index (κ1) is 14.7. The first-order valence-corrected chi connectivity index (χ1v) is 8.57. The maximum atomic E-state index is 12.5. The zero-order valence-corrected chi connectivity index (χ0v) is 13.4. The monoisotopic (exact) mass is 347 g/mol. The summed E-state index contributed by atoms with van der Waals surface area (Å²) in [5.41, 5.74) is -0.272. The second kappa shape index (κ2) is 5.38. The van der Waals surface area contributed by atoms with Gasteiger partial charge in [0.2, 0.25) is 10.0 Å². The molecule has 1 fully saturated rings. The van der Waals surface area contributed by atoms with Crippen molar-refractivity contribution >= 4 is 31.8 Å². The summed E-state index contributed by atoms with van der Waals surface area (Å²) < 4.78 is 28.5. The predicted octanol–water partition coefficient (Wildman–Crippen LogP) is 2.50. The lowest BCUT2D eigenvalue weighted by Crippen LogP contribution is -2.52. The summed E-state index contributed by atoms with van der Waals surface area (Å²) in [6.45, 7) is 2.01. The van der Waals surface area contributed by atoms with Gasteiger partial charge in [-0.05, 0) is 47.7 Å². The van der Waals surface area contributed by atoms with E-state index in [-0.39, 0.29) is 10.4 Å². The average molecular weight is 348 g/mol. The number of anilines is 1. The zero-order valence-electron chi connectivity index (χ0n) is 11.0. The standard InChI is InChI=1S/C12H18BrN3O2S/c1-3-12(5-4-6-12)16-19(17,18)10-7-9(13)8-15-11(10)14-2/h7-8,16H,3-6H2,1-2H3,(H,14,15). The van der Waals surface area contributed by atoms with Gasteiger partial charge in [0.15, 0.2) is 0 Å². The molecule has 1 heterocycles. The van der Waals surface area contributed by atoms with E-state index >= 15 is 0 Å². The van der Waals surface area contributed by atoms with Gasteiger partial charge in [-0.25, -0.2) is 18.1 Å². The van der Waals surface area contributed by atoms with Crippen LogP contribution < -0.4 is 10.0 Å². The van der Waals surface area contributed by atoms with Gasteiger partial charge in [0, 0.05) is 23.3 Å². The predicted molar refractivity (Wildman–Crippen MR) is 78.7 cm³/mol. The molecule has 2 rings (SSSR count). The lowest BCUT2D eigenvalue weighted by atomic mass is 9.76. The zero-order chi connectivity index (χ0) is 14.1. The van der Waals surface area contributed by atoms with E-state index in [1.807, 2.05) is 6.92 Å². The minimum atomic E-state index is -3.56. The Bertz CT molecular complexity index is 565. The second-order valence-electron chi connectivity index (χ2n) is 4.84. The first-order valence-electron chi connectivity index (χ1n) is 6.30. The summed E-state index contributed by atoms with van der Waals surface area (Å²) in [6, 6.07) is 1.57. The molecule has 1 aliphatic rings. The SMILES string of the molecule is CCC1(NS(=O)(=O)c2cc(Br)cnc2NC)CCC1. The number of pyridine rings is 1. The van der Waals surface area contributed by atoms with Crippen LogP contribution in [0.5, 0.6) is 0 Å². The van der Waals surface area contributed by atoms with Crippen LogP contribution in [0.2, 0.25) is 0 Å². The Balaban J connectivity index is 2.36. The maximum absolute atomic E-state index is 12.5. The van der Waals surface area contributed by atoms with E-state index in [0.717, 1.165) is 25.7 Å². The van der Waals surface area contributed by atoms with Crippen molar-refractivity contribution in [1.29, 1.82) is 0 Å². The van der Waals surface area contributed by atoms with Crippen molar-refractivity contribution in [3.05, 3.63) is 16.7 Å². The van der Waals surface area contributed by atoms with Crippen LogP contribution in [0.3, 0.4) is 0 Å². The highest BCUT2D eigenvalue weighted by Gasteiger charge is 2.39. The molecule has 1 aromatic rings. The van der Waals surface area contributed by atoms with E-state index in [1.165, 1.54) is 0 Å². The molecule has 0 spiro atoms. The highest BCUT2D eigenvalue weighted by molar-refractivity contribution is 9.10. The van der Waals surface area contributed by atoms with Gasteiger partial charge in [-0.15, -0.1) is 0 Å². The molecule has 0 saturated heterocycles. The Morgan fingerprint density at radius 2 is 2.16 bits per heavy atom. The summed E-state index contributed by atoms with van der Waals surface area (Å²) in [5.74, 6) is 0.362. The summed E-state index contributed by atoms with van der Waals surface area (Å²) in [6.07, 6.45) is 5.26. The number of rotatable bonds is 5. The number of hydrogen-bond donors (Lipinski definition) is 2. The normalized spacial score (nSPS) is 17.8. The van der Waals surface area contributed by atoms with Crippen LogP contribution in [0, 0.1) is 0 Å². The molecule has 0 aliphatic heterocycles. The number of nitrogens with one attached hydrogen (secondary N) is 2. The number of hydrogen-bond acceptors (Lipinski definition) is 4. The molecule has 7 heteroatoms. The molecule has 5 nitrogen and oxygen atoms in total. The number of aromatic nitrogens is 1. The molecule has 0 radical (unpaired) electrons. The Morgan fingerprint density at radius 1 is 1.47 bits per heavy atom. The minimum Gasteiger partial charge on any atom is -0.372 e. The van der Waals surface area contributed by atoms with Crippen molar-refractivity contribution in [2.45, 2.75) is 43.0 Å². The van der Waals surface area contributed by atoms with Gasteiger partial charge in [-0.3, -0.25) is 0 Å². The lowest BCUT2D eigenvalue weighted by Gasteiger charge is -2.41. The summed E-state index contributed by atoms with van der Waals surface area (Å²) in [7, 11) is -1.90. The molecule has 0 amide bonds. The van der Waals surface area contributed by atoms with E-state index < -0.39 is 10.0 Å². The number of sulfonamides is 1. The van der Waals surface area contributed by atoms with Crippen molar-refractivity contribution in [2.75, 3.05) is 12.4 Å². The fourth-order valence-corrected chi connectivity index (χ4v) is 4.49. The lowest BCUT2D eigenvalue weighted by molar-refractivity contribution is 0.214. The van der Waals surface area contributed by atoms with Crippen molar-refractivity contribution in [2.24, 2.45) is 0 Å². The Labute approximate surface area is 122 Å². The van der Waals surface area contributed by atoms with Crippen molar-refractivity contribution in [3.63, 3.8) is 0 Å². The molecule has 0 atom stereocenters. The van der Waals surface area contributed by atoms with E-state index in [0.29, 0.717) is 10.3 Å². The quantitative estimate of drug-likeness (QED) is 0.858. The van der Waals surface area contributed by atoms with Gasteiger partial charge in [0.1, 0.15) is 10.7 Å². The summed E-state index contributed by atoms with van der Waals surface area (Å²) in [5, 5.41) is 2.82. The average Bonchev–Trinajstić information content (AvgIpc) is 2.34. The Kier molecular flexibility index (Phi) is 4.17. The van der Waals surface area contributed by atoms with Crippen LogP contribution in [-0.2, 0) is 10.0 Å². The second-order valence-corrected chi connectivity index (χ2v) is 7.41. The van der Waals surface area contributed by atoms with Crippen LogP contribution >= 0.6 is 15.9 Å². The van der Waals surface area contributed by atoms with Gasteiger partial charge in [-0.2, -0.15) is 0 Å². The number of nitrogens with zero attached hydrogens (tertiary/aromatic N) is 1. The van der Waals surface area contributed by atoms with Crippen LogP contribution in [0.1, 0.15) is 32.6 Å². The van der Waals surface area contributed by atoms with Gasteiger partial charge < -0.3 is 5.32 Å². The molecule has 1 aromatic heterocycles. The molecule has 1 saturated carbocycles. The topological polar surface area (TPSA) is 71.1 Å². The molecule has 106 valence electrons. The molecule has 1 aliphatic carbocycles. The molecule has 0 aromatic carbocycles. The third kappa shape index (κ3) is 2.93. The number of halogens is 1. The third-order valence-electron chi connectivity index (χ3n) is 3.68. The van der Waals surface area contributed by atoms with Gasteiger partial charge in [0.05, 0.1) is 0 Å². The van der Waals surface area contributed by atoms with Crippen molar-refractivity contribution in [1.82, 2.24) is 9.71 Å². The minimum absolute atomic E-state index is 0.184. The third-order valence-corrected chi connectivity index (χ3v) is 5.71. The van der Waals surface area contributed by atoms with Gasteiger partial charge >= 0.3 is 0 Å². The summed E-state index contributed by atoms with van der Waals surface area (Å²) >= 11 is 3.26. The van der Waals surface area contributed by atoms with E-state index in [2.05, 4.69) is 31.0 Å². The molecule has 2 N–H and O–H groups in total. The molecule has 0 bridgehead atoms. The largest absolute Gasteiger partial charge is 0.372 e. The maximum Gasteiger partial charge on any atom is 0.244 e. The molecule has 0 unspecified atom stereocenters. The fourth-order valence-electron chi connectivity index (χ4n) is 2.28. The smallest absolute Gasteiger partial charge is 0.244 e. The molecule has 19 heavy (non-hydrogen) atoms. The first-order chi connectivity index (χ1) is 8.92. The van der Waals surface area contributed by atoms with Crippen LogP contribution in [0.25, 0.3) is 0 Å². The molecular formula is C12H18BrN3O2S. The van der Waals surface area contributed by atoms with Gasteiger partial charge in [0.25, 0.3) is 0 Å². The van der Waals surface area contributed by atoms with Crippen LogP contribution in [0.4, 0.5) is 5.82 Å². The van der Waals surface area contributed by atoms with Crippen LogP contribution in [0.15, 0.2) is 21.6 Å². The van der Waals surface area contributed by atoms with Crippen molar-refractivity contribution in [3.8, 4) is 0 Å². The fraction of sp³-hybridized carbons (Fsp3) is 0.583. The van der Waals surface area contributed by atoms with Gasteiger partial charge in [-0.1, -0.05) is 6.92 Å². The highest BCUT2D eigenvalue weighted by atomic mass is 79.9. The van der Waals surface area contributed by atoms with E-state index in [4.69, 9.17) is 0 Å². The van der Waals surface area contributed by atoms with Crippen molar-refractivity contribution < 1.29 is 8.42 Å². The Morgan fingerprint density at radius 3 is 2.63 bits per heavy atom. The van der Waals surface area contributed by atoms with Crippen LogP contribution in [-0.4, -0.2) is 26.0 Å². The molecular weight excluding hydrogens is 330 g/mol. The van der Waals surface area contributed by atoms with E-state index in [9.17, 15) is 8.42 Å². The highest BCUT2D eigenvalue weighted by Crippen LogP contribution is 2.36. The Hall–Kier alpha value is -0.660. The van der Waals surface area contributed by atoms with E-state index in [1.54, 1.807) is 19.3 Å². The summed E-state index contributed by atoms with van der Waals surface area (Å²) in [4.78, 5) is 4.27.